The van der Waals surface area contributed by atoms with Gasteiger partial charge in [-0.05, 0) is 18.6 Å². The fourth-order valence-corrected chi connectivity index (χ4v) is 1.07. The zero-order valence-corrected chi connectivity index (χ0v) is 8.09. The minimum absolute atomic E-state index is 0.0958. The SMILES string of the molecule is COc1ccc(F)c(NCCCO)c1. The van der Waals surface area contributed by atoms with Crippen LogP contribution >= 0.6 is 0 Å². The second-order valence-corrected chi connectivity index (χ2v) is 2.85. The molecule has 0 saturated carbocycles. The van der Waals surface area contributed by atoms with Crippen molar-refractivity contribution in [3.05, 3.63) is 24.0 Å². The monoisotopic (exact) mass is 199 g/mol. The van der Waals surface area contributed by atoms with Gasteiger partial charge in [-0.3, -0.25) is 0 Å². The van der Waals surface area contributed by atoms with Gasteiger partial charge in [-0.2, -0.15) is 0 Å². The number of halogens is 1. The fraction of sp³-hybridized carbons (Fsp3) is 0.400. The highest BCUT2D eigenvalue weighted by Crippen LogP contribution is 2.20. The zero-order valence-electron chi connectivity index (χ0n) is 8.09. The average molecular weight is 199 g/mol. The van der Waals surface area contributed by atoms with E-state index >= 15 is 0 Å². The number of rotatable bonds is 5. The molecule has 0 unspecified atom stereocenters. The Morgan fingerprint density at radius 3 is 2.93 bits per heavy atom. The minimum atomic E-state index is -0.316. The van der Waals surface area contributed by atoms with Gasteiger partial charge in [0, 0.05) is 19.2 Å². The molecule has 0 spiro atoms. The molecule has 0 aliphatic heterocycles. The molecule has 1 aromatic rings. The average Bonchev–Trinajstić information content (AvgIpc) is 2.21. The highest BCUT2D eigenvalue weighted by molar-refractivity contribution is 5.49. The van der Waals surface area contributed by atoms with Crippen molar-refractivity contribution in [3.8, 4) is 5.75 Å². The Balaban J connectivity index is 2.64. The first kappa shape index (κ1) is 10.8. The van der Waals surface area contributed by atoms with Crippen LogP contribution in [0.4, 0.5) is 10.1 Å². The maximum Gasteiger partial charge on any atom is 0.146 e. The van der Waals surface area contributed by atoms with Crippen LogP contribution in [0.5, 0.6) is 5.75 Å². The second-order valence-electron chi connectivity index (χ2n) is 2.85. The van der Waals surface area contributed by atoms with E-state index in [1.165, 1.54) is 13.2 Å². The molecule has 0 aromatic heterocycles. The lowest BCUT2D eigenvalue weighted by Gasteiger charge is -2.08. The van der Waals surface area contributed by atoms with Crippen LogP contribution in [0.3, 0.4) is 0 Å². The summed E-state index contributed by atoms with van der Waals surface area (Å²) in [6.45, 7) is 0.638. The van der Waals surface area contributed by atoms with Gasteiger partial charge in [-0.1, -0.05) is 0 Å². The molecule has 0 radical (unpaired) electrons. The summed E-state index contributed by atoms with van der Waals surface area (Å²) in [6, 6.07) is 4.50. The van der Waals surface area contributed by atoms with Gasteiger partial charge in [-0.15, -0.1) is 0 Å². The lowest BCUT2D eigenvalue weighted by atomic mass is 10.3. The summed E-state index contributed by atoms with van der Waals surface area (Å²) in [5, 5.41) is 11.4. The number of hydrogen-bond acceptors (Lipinski definition) is 3. The first-order valence-corrected chi connectivity index (χ1v) is 4.46. The van der Waals surface area contributed by atoms with Crippen LogP contribution in [0.1, 0.15) is 6.42 Å². The highest BCUT2D eigenvalue weighted by Gasteiger charge is 2.02. The van der Waals surface area contributed by atoms with Gasteiger partial charge in [0.05, 0.1) is 12.8 Å². The van der Waals surface area contributed by atoms with Crippen LogP contribution in [0, 0.1) is 5.82 Å². The molecule has 3 nitrogen and oxygen atoms in total. The molecule has 14 heavy (non-hydrogen) atoms. The molecule has 78 valence electrons. The van der Waals surface area contributed by atoms with Crippen molar-refractivity contribution < 1.29 is 14.2 Å². The molecule has 1 rings (SSSR count). The van der Waals surface area contributed by atoms with E-state index in [9.17, 15) is 4.39 Å². The molecule has 1 aromatic carbocycles. The van der Waals surface area contributed by atoms with E-state index < -0.39 is 0 Å². The number of aliphatic hydroxyl groups is 1. The molecular weight excluding hydrogens is 185 g/mol. The minimum Gasteiger partial charge on any atom is -0.497 e. The van der Waals surface area contributed by atoms with Crippen molar-refractivity contribution >= 4 is 5.69 Å². The number of methoxy groups -OCH3 is 1. The van der Waals surface area contributed by atoms with Crippen molar-refractivity contribution in [3.63, 3.8) is 0 Å². The number of hydrogen-bond donors (Lipinski definition) is 2. The van der Waals surface area contributed by atoms with Crippen molar-refractivity contribution in [2.75, 3.05) is 25.6 Å². The van der Waals surface area contributed by atoms with Crippen molar-refractivity contribution in [2.45, 2.75) is 6.42 Å². The van der Waals surface area contributed by atoms with Crippen LogP contribution in [0.15, 0.2) is 18.2 Å². The smallest absolute Gasteiger partial charge is 0.146 e. The number of benzene rings is 1. The lowest BCUT2D eigenvalue weighted by Crippen LogP contribution is -2.05. The van der Waals surface area contributed by atoms with Crippen molar-refractivity contribution in [1.29, 1.82) is 0 Å². The van der Waals surface area contributed by atoms with Gasteiger partial charge in [0.2, 0.25) is 0 Å². The van der Waals surface area contributed by atoms with E-state index in [1.54, 1.807) is 12.1 Å². The Hall–Kier alpha value is -1.29. The van der Waals surface area contributed by atoms with E-state index in [4.69, 9.17) is 9.84 Å². The predicted molar refractivity (Wildman–Crippen MR) is 53.1 cm³/mol. The first-order chi connectivity index (χ1) is 6.77. The Bertz CT molecular complexity index is 291. The maximum absolute atomic E-state index is 13.2. The Morgan fingerprint density at radius 1 is 1.50 bits per heavy atom. The van der Waals surface area contributed by atoms with E-state index in [0.29, 0.717) is 24.4 Å². The van der Waals surface area contributed by atoms with Gasteiger partial charge in [0.15, 0.2) is 0 Å². The van der Waals surface area contributed by atoms with E-state index in [-0.39, 0.29) is 12.4 Å². The summed E-state index contributed by atoms with van der Waals surface area (Å²) in [5.41, 5.74) is 0.401. The molecule has 0 heterocycles. The van der Waals surface area contributed by atoms with Crippen LogP contribution in [-0.2, 0) is 0 Å². The van der Waals surface area contributed by atoms with Crippen LogP contribution in [-0.4, -0.2) is 25.4 Å². The normalized spacial score (nSPS) is 9.93. The van der Waals surface area contributed by atoms with Gasteiger partial charge in [-0.25, -0.2) is 4.39 Å². The Kier molecular flexibility index (Phi) is 4.19. The summed E-state index contributed by atoms with van der Waals surface area (Å²) in [6.07, 6.45) is 0.594. The third kappa shape index (κ3) is 2.88. The summed E-state index contributed by atoms with van der Waals surface area (Å²) in [4.78, 5) is 0. The van der Waals surface area contributed by atoms with Crippen LogP contribution in [0.2, 0.25) is 0 Å². The number of ether oxygens (including phenoxy) is 1. The maximum atomic E-state index is 13.2. The van der Waals surface area contributed by atoms with E-state index in [2.05, 4.69) is 5.32 Å². The molecule has 0 amide bonds. The topological polar surface area (TPSA) is 41.5 Å². The van der Waals surface area contributed by atoms with Crippen LogP contribution < -0.4 is 10.1 Å². The number of nitrogens with one attached hydrogen (secondary N) is 1. The first-order valence-electron chi connectivity index (χ1n) is 4.46. The van der Waals surface area contributed by atoms with Gasteiger partial charge in [0.25, 0.3) is 0 Å². The Labute approximate surface area is 82.5 Å². The van der Waals surface area contributed by atoms with E-state index in [0.717, 1.165) is 0 Å². The van der Waals surface area contributed by atoms with Gasteiger partial charge in [0.1, 0.15) is 11.6 Å². The molecule has 2 N–H and O–H groups in total. The highest BCUT2D eigenvalue weighted by atomic mass is 19.1. The molecule has 4 heteroatoms. The molecule has 0 fully saturated rings. The van der Waals surface area contributed by atoms with E-state index in [1.807, 2.05) is 0 Å². The molecule has 0 saturated heterocycles. The third-order valence-corrected chi connectivity index (χ3v) is 1.82. The zero-order chi connectivity index (χ0) is 10.4. The molecule has 0 aliphatic carbocycles. The van der Waals surface area contributed by atoms with Crippen LogP contribution in [0.25, 0.3) is 0 Å². The number of anilines is 1. The summed E-state index contributed by atoms with van der Waals surface area (Å²) >= 11 is 0. The fourth-order valence-electron chi connectivity index (χ4n) is 1.07. The quantitative estimate of drug-likeness (QED) is 0.708. The molecular formula is C10H14FNO2. The Morgan fingerprint density at radius 2 is 2.29 bits per heavy atom. The summed E-state index contributed by atoms with van der Waals surface area (Å²) in [7, 11) is 1.53. The third-order valence-electron chi connectivity index (χ3n) is 1.82. The lowest BCUT2D eigenvalue weighted by molar-refractivity contribution is 0.292. The number of aliphatic hydroxyl groups excluding tert-OH is 1. The summed E-state index contributed by atoms with van der Waals surface area (Å²) < 4.78 is 18.1. The molecule has 0 atom stereocenters. The standard InChI is InChI=1S/C10H14FNO2/c1-14-8-3-4-9(11)10(7-8)12-5-2-6-13/h3-4,7,12-13H,2,5-6H2,1H3. The van der Waals surface area contributed by atoms with Gasteiger partial charge >= 0.3 is 0 Å². The van der Waals surface area contributed by atoms with Crippen molar-refractivity contribution in [2.24, 2.45) is 0 Å². The van der Waals surface area contributed by atoms with Crippen molar-refractivity contribution in [1.82, 2.24) is 0 Å². The van der Waals surface area contributed by atoms with Gasteiger partial charge < -0.3 is 15.2 Å². The molecule has 0 aliphatic rings. The molecule has 0 bridgehead atoms. The largest absolute Gasteiger partial charge is 0.497 e. The second kappa shape index (κ2) is 5.44. The summed E-state index contributed by atoms with van der Waals surface area (Å²) in [5.74, 6) is 0.293. The predicted octanol–water partition coefficient (Wildman–Crippen LogP) is 1.63.